The van der Waals surface area contributed by atoms with Gasteiger partial charge in [0.15, 0.2) is 0 Å². The van der Waals surface area contributed by atoms with E-state index in [2.05, 4.69) is 22.5 Å². The summed E-state index contributed by atoms with van der Waals surface area (Å²) < 4.78 is 11.5. The van der Waals surface area contributed by atoms with Crippen LogP contribution in [0.15, 0.2) is 29.3 Å². The van der Waals surface area contributed by atoms with E-state index in [1.54, 1.807) is 6.07 Å². The van der Waals surface area contributed by atoms with E-state index in [9.17, 15) is 5.11 Å². The monoisotopic (exact) mass is 270 g/mol. The Morgan fingerprint density at radius 2 is 2.47 bits per heavy atom. The number of aliphatic hydroxyl groups excluding tert-OH is 1. The molecule has 15 heavy (non-hydrogen) atoms. The van der Waals surface area contributed by atoms with Crippen molar-refractivity contribution in [3.05, 3.63) is 34.8 Å². The zero-order valence-electron chi connectivity index (χ0n) is 8.07. The first-order valence-electron chi connectivity index (χ1n) is 4.57. The summed E-state index contributed by atoms with van der Waals surface area (Å²) in [5.41, 5.74) is 0.819. The van der Waals surface area contributed by atoms with Gasteiger partial charge in [0, 0.05) is 16.1 Å². The highest BCUT2D eigenvalue weighted by atomic mass is 79.9. The summed E-state index contributed by atoms with van der Waals surface area (Å²) in [6, 6.07) is 5.41. The molecule has 0 amide bonds. The Morgan fingerprint density at radius 1 is 1.67 bits per heavy atom. The van der Waals surface area contributed by atoms with Gasteiger partial charge in [-0.25, -0.2) is 0 Å². The molecule has 0 saturated heterocycles. The van der Waals surface area contributed by atoms with E-state index in [0.29, 0.717) is 24.7 Å². The van der Waals surface area contributed by atoms with Crippen molar-refractivity contribution in [2.75, 3.05) is 13.2 Å². The SMILES string of the molecule is C=C(Br)COc1ccc2c(c1)OCC2O. The molecule has 1 atom stereocenters. The zero-order valence-corrected chi connectivity index (χ0v) is 9.66. The van der Waals surface area contributed by atoms with Crippen LogP contribution in [0.25, 0.3) is 0 Å². The summed E-state index contributed by atoms with van der Waals surface area (Å²) in [4.78, 5) is 0. The van der Waals surface area contributed by atoms with Crippen molar-refractivity contribution < 1.29 is 14.6 Å². The third-order valence-corrected chi connectivity index (χ3v) is 2.37. The molecular formula is C11H11BrO3. The molecule has 3 nitrogen and oxygen atoms in total. The third-order valence-electron chi connectivity index (χ3n) is 2.14. The van der Waals surface area contributed by atoms with E-state index in [1.165, 1.54) is 0 Å². The summed E-state index contributed by atoms with van der Waals surface area (Å²) in [5.74, 6) is 1.41. The maximum Gasteiger partial charge on any atom is 0.129 e. The van der Waals surface area contributed by atoms with Gasteiger partial charge in [-0.1, -0.05) is 22.5 Å². The molecule has 80 valence electrons. The minimum absolute atomic E-state index is 0.323. The van der Waals surface area contributed by atoms with Crippen molar-refractivity contribution in [2.45, 2.75) is 6.10 Å². The predicted molar refractivity (Wildman–Crippen MR) is 60.5 cm³/mol. The molecule has 0 aliphatic carbocycles. The molecule has 1 aromatic rings. The van der Waals surface area contributed by atoms with Crippen molar-refractivity contribution in [1.82, 2.24) is 0 Å². The standard InChI is InChI=1S/C11H11BrO3/c1-7(12)5-14-8-2-3-9-10(13)6-15-11(9)4-8/h2-4,10,13H,1,5-6H2. The third kappa shape index (κ3) is 2.33. The Kier molecular flexibility index (Phi) is 2.98. The fourth-order valence-electron chi connectivity index (χ4n) is 1.42. The highest BCUT2D eigenvalue weighted by Crippen LogP contribution is 2.35. The Morgan fingerprint density at radius 3 is 3.20 bits per heavy atom. The minimum Gasteiger partial charge on any atom is -0.490 e. The lowest BCUT2D eigenvalue weighted by atomic mass is 10.1. The lowest BCUT2D eigenvalue weighted by Crippen LogP contribution is -1.97. The van der Waals surface area contributed by atoms with Crippen molar-refractivity contribution in [3.63, 3.8) is 0 Å². The zero-order chi connectivity index (χ0) is 10.8. The van der Waals surface area contributed by atoms with Crippen LogP contribution >= 0.6 is 15.9 Å². The van der Waals surface area contributed by atoms with Gasteiger partial charge < -0.3 is 14.6 Å². The predicted octanol–water partition coefficient (Wildman–Crippen LogP) is 2.40. The number of aliphatic hydroxyl groups is 1. The lowest BCUT2D eigenvalue weighted by Gasteiger charge is -2.06. The van der Waals surface area contributed by atoms with E-state index in [4.69, 9.17) is 9.47 Å². The van der Waals surface area contributed by atoms with Crippen LogP contribution in [0.1, 0.15) is 11.7 Å². The summed E-state index contributed by atoms with van der Waals surface area (Å²) >= 11 is 3.21. The number of hydrogen-bond acceptors (Lipinski definition) is 3. The van der Waals surface area contributed by atoms with Crippen molar-refractivity contribution in [2.24, 2.45) is 0 Å². The topological polar surface area (TPSA) is 38.7 Å². The van der Waals surface area contributed by atoms with Crippen LogP contribution in [0.3, 0.4) is 0 Å². The number of rotatable bonds is 3. The van der Waals surface area contributed by atoms with Gasteiger partial charge in [-0.3, -0.25) is 0 Å². The van der Waals surface area contributed by atoms with Crippen molar-refractivity contribution >= 4 is 15.9 Å². The molecule has 2 rings (SSSR count). The van der Waals surface area contributed by atoms with Crippen molar-refractivity contribution in [1.29, 1.82) is 0 Å². The van der Waals surface area contributed by atoms with Gasteiger partial charge in [-0.05, 0) is 12.1 Å². The number of hydrogen-bond donors (Lipinski definition) is 1. The molecule has 1 aromatic carbocycles. The molecular weight excluding hydrogens is 260 g/mol. The lowest BCUT2D eigenvalue weighted by molar-refractivity contribution is 0.140. The summed E-state index contributed by atoms with van der Waals surface area (Å²) in [7, 11) is 0. The second-order valence-corrected chi connectivity index (χ2v) is 4.45. The Bertz CT molecular complexity index is 389. The van der Waals surface area contributed by atoms with E-state index < -0.39 is 6.10 Å². The molecule has 0 radical (unpaired) electrons. The van der Waals surface area contributed by atoms with Gasteiger partial charge in [0.25, 0.3) is 0 Å². The quantitative estimate of drug-likeness (QED) is 0.917. The number of ether oxygens (including phenoxy) is 2. The molecule has 1 N–H and O–H groups in total. The molecule has 1 heterocycles. The molecule has 1 unspecified atom stereocenters. The molecule has 1 aliphatic heterocycles. The first-order valence-corrected chi connectivity index (χ1v) is 5.37. The van der Waals surface area contributed by atoms with Crippen LogP contribution in [-0.4, -0.2) is 18.3 Å². The first kappa shape index (κ1) is 10.5. The van der Waals surface area contributed by atoms with Crippen LogP contribution in [0.2, 0.25) is 0 Å². The molecule has 0 bridgehead atoms. The van der Waals surface area contributed by atoms with E-state index >= 15 is 0 Å². The van der Waals surface area contributed by atoms with Crippen molar-refractivity contribution in [3.8, 4) is 11.5 Å². The summed E-state index contributed by atoms with van der Waals surface area (Å²) in [6.07, 6.45) is -0.514. The molecule has 0 fully saturated rings. The van der Waals surface area contributed by atoms with E-state index in [-0.39, 0.29) is 0 Å². The van der Waals surface area contributed by atoms with E-state index in [0.717, 1.165) is 10.0 Å². The molecule has 0 spiro atoms. The van der Waals surface area contributed by atoms with Crippen LogP contribution in [0.4, 0.5) is 0 Å². The summed E-state index contributed by atoms with van der Waals surface area (Å²) in [6.45, 7) is 4.42. The largest absolute Gasteiger partial charge is 0.490 e. The van der Waals surface area contributed by atoms with Crippen LogP contribution in [0, 0.1) is 0 Å². The van der Waals surface area contributed by atoms with Gasteiger partial charge in [-0.2, -0.15) is 0 Å². The Hall–Kier alpha value is -1.00. The Labute approximate surface area is 96.4 Å². The van der Waals surface area contributed by atoms with Gasteiger partial charge >= 0.3 is 0 Å². The normalized spacial score (nSPS) is 18.1. The fourth-order valence-corrected chi connectivity index (χ4v) is 1.54. The van der Waals surface area contributed by atoms with Crippen LogP contribution in [-0.2, 0) is 0 Å². The second kappa shape index (κ2) is 4.24. The van der Waals surface area contributed by atoms with Crippen LogP contribution in [0.5, 0.6) is 11.5 Å². The molecule has 0 saturated carbocycles. The molecule has 4 heteroatoms. The van der Waals surface area contributed by atoms with Crippen LogP contribution < -0.4 is 9.47 Å². The smallest absolute Gasteiger partial charge is 0.129 e. The second-order valence-electron chi connectivity index (χ2n) is 3.33. The number of fused-ring (bicyclic) bond motifs is 1. The Balaban J connectivity index is 2.12. The van der Waals surface area contributed by atoms with Gasteiger partial charge in [0.05, 0.1) is 0 Å². The van der Waals surface area contributed by atoms with Gasteiger partial charge in [0.1, 0.15) is 30.8 Å². The van der Waals surface area contributed by atoms with Gasteiger partial charge in [0.2, 0.25) is 0 Å². The highest BCUT2D eigenvalue weighted by Gasteiger charge is 2.21. The number of benzene rings is 1. The highest BCUT2D eigenvalue weighted by molar-refractivity contribution is 9.11. The van der Waals surface area contributed by atoms with Gasteiger partial charge in [-0.15, -0.1) is 0 Å². The maximum absolute atomic E-state index is 9.50. The minimum atomic E-state index is -0.514. The molecule has 1 aliphatic rings. The average Bonchev–Trinajstić information content (AvgIpc) is 2.57. The van der Waals surface area contributed by atoms with E-state index in [1.807, 2.05) is 12.1 Å². The fraction of sp³-hybridized carbons (Fsp3) is 0.273. The first-order chi connectivity index (χ1) is 7.16. The summed E-state index contributed by atoms with van der Waals surface area (Å²) in [5, 5.41) is 9.50. The molecule has 0 aromatic heterocycles. The number of halogens is 1. The average molecular weight is 271 g/mol. The maximum atomic E-state index is 9.50.